The van der Waals surface area contributed by atoms with Crippen molar-refractivity contribution in [1.29, 1.82) is 0 Å². The zero-order chi connectivity index (χ0) is 40.5. The van der Waals surface area contributed by atoms with Crippen LogP contribution >= 0.6 is 0 Å². The Kier molecular flexibility index (Phi) is 3.07. The van der Waals surface area contributed by atoms with Crippen molar-refractivity contribution in [2.45, 2.75) is 0 Å². The molecule has 0 bridgehead atoms. The van der Waals surface area contributed by atoms with Crippen molar-refractivity contribution >= 4 is 54.3 Å². The van der Waals surface area contributed by atoms with Crippen LogP contribution in [0.3, 0.4) is 0 Å². The van der Waals surface area contributed by atoms with E-state index in [1.54, 1.807) is 30.3 Å². The molecule has 0 spiro atoms. The van der Waals surface area contributed by atoms with Gasteiger partial charge in [0, 0.05) is 10.8 Å². The van der Waals surface area contributed by atoms with Crippen LogP contribution in [-0.2, 0) is 0 Å². The van der Waals surface area contributed by atoms with E-state index in [1.165, 1.54) is 0 Å². The summed E-state index contributed by atoms with van der Waals surface area (Å²) in [4.78, 5) is 0. The number of fused-ring (bicyclic) bond motifs is 6. The van der Waals surface area contributed by atoms with E-state index in [2.05, 4.69) is 0 Å². The number of rotatable bonds is 3. The van der Waals surface area contributed by atoms with Crippen molar-refractivity contribution in [3.63, 3.8) is 0 Å². The third kappa shape index (κ3) is 3.65. The Labute approximate surface area is 268 Å². The summed E-state index contributed by atoms with van der Waals surface area (Å²) in [7, 11) is 0. The summed E-state index contributed by atoms with van der Waals surface area (Å²) in [6, 6.07) is 15.2. The lowest BCUT2D eigenvalue weighted by Gasteiger charge is -2.20. The van der Waals surface area contributed by atoms with Gasteiger partial charge in [0.15, 0.2) is 0 Å². The van der Waals surface area contributed by atoms with Gasteiger partial charge in [-0.05, 0) is 83.8 Å². The molecular formula is C42H26O. The smallest absolute Gasteiger partial charge is 0.136 e. The SMILES string of the molecule is [2H]c1c([2H])c([2H])c(-c2ccccc2-c2c3ccccc3c(-c3c([2H])c([2H])c([2H])c4oc5c([2H])c6c([2H])c([2H])c([2H])c([2H])c6c([2H])c5c34)c3ccccc23)c([2H])c1[2H]. The highest BCUT2D eigenvalue weighted by molar-refractivity contribution is 6.26. The quantitative estimate of drug-likeness (QED) is 0.196. The third-order valence-electron chi connectivity index (χ3n) is 7.85. The van der Waals surface area contributed by atoms with Gasteiger partial charge in [-0.3, -0.25) is 0 Å². The second kappa shape index (κ2) is 9.44. The summed E-state index contributed by atoms with van der Waals surface area (Å²) in [6.45, 7) is 0. The molecule has 0 aliphatic rings. The van der Waals surface area contributed by atoms with Crippen LogP contribution in [0.4, 0.5) is 0 Å². The van der Waals surface area contributed by atoms with E-state index in [0.717, 1.165) is 0 Å². The molecule has 0 saturated carbocycles. The molecule has 1 aromatic heterocycles. The van der Waals surface area contributed by atoms with Crippen LogP contribution in [0, 0.1) is 0 Å². The molecule has 0 atom stereocenters. The fraction of sp³-hybridized carbons (Fsp3) is 0. The van der Waals surface area contributed by atoms with Crippen molar-refractivity contribution in [3.8, 4) is 33.4 Å². The first-order chi connectivity index (χ1) is 27.2. The maximum Gasteiger partial charge on any atom is 0.136 e. The lowest BCUT2D eigenvalue weighted by atomic mass is 9.83. The normalized spacial score (nSPS) is 16.3. The molecule has 8 aromatic carbocycles. The molecule has 0 aliphatic carbocycles. The third-order valence-corrected chi connectivity index (χ3v) is 7.85. The van der Waals surface area contributed by atoms with Crippen molar-refractivity contribution in [3.05, 3.63) is 157 Å². The van der Waals surface area contributed by atoms with Gasteiger partial charge in [0.2, 0.25) is 0 Å². The minimum atomic E-state index is -0.583. The molecule has 1 heterocycles. The van der Waals surface area contributed by atoms with Gasteiger partial charge in [-0.15, -0.1) is 0 Å². The average Bonchev–Trinajstić information content (AvgIpc) is 3.62. The Bertz CT molecular complexity index is 3210. The van der Waals surface area contributed by atoms with E-state index in [-0.39, 0.29) is 68.0 Å². The van der Waals surface area contributed by atoms with E-state index in [0.29, 0.717) is 43.8 Å². The number of benzene rings is 8. The van der Waals surface area contributed by atoms with Crippen LogP contribution in [0.5, 0.6) is 0 Å². The predicted molar refractivity (Wildman–Crippen MR) is 183 cm³/mol. The second-order valence-electron chi connectivity index (χ2n) is 10.1. The molecule has 43 heavy (non-hydrogen) atoms. The van der Waals surface area contributed by atoms with Gasteiger partial charge >= 0.3 is 0 Å². The Morgan fingerprint density at radius 2 is 0.977 bits per heavy atom. The highest BCUT2D eigenvalue weighted by Crippen LogP contribution is 2.48. The van der Waals surface area contributed by atoms with Gasteiger partial charge in [0.05, 0.1) is 19.2 Å². The molecule has 200 valence electrons. The molecular weight excluding hydrogens is 520 g/mol. The van der Waals surface area contributed by atoms with Crippen molar-refractivity contribution in [2.75, 3.05) is 0 Å². The summed E-state index contributed by atoms with van der Waals surface area (Å²) >= 11 is 0. The second-order valence-corrected chi connectivity index (χ2v) is 10.1. The van der Waals surface area contributed by atoms with Crippen molar-refractivity contribution < 1.29 is 23.6 Å². The van der Waals surface area contributed by atoms with Crippen LogP contribution in [0.25, 0.3) is 87.6 Å². The Hall–Kier alpha value is -5.66. The summed E-state index contributed by atoms with van der Waals surface area (Å²) in [6.07, 6.45) is 0. The fourth-order valence-corrected chi connectivity index (χ4v) is 6.10. The molecule has 9 rings (SSSR count). The van der Waals surface area contributed by atoms with E-state index < -0.39 is 60.4 Å². The molecule has 1 heteroatoms. The molecule has 1 nitrogen and oxygen atoms in total. The molecule has 0 aliphatic heterocycles. The standard InChI is InChI=1S/C42H26O/c1-2-13-27(14-3-1)30-17-6-7-18-31(30)40-32-19-8-10-21-34(32)41(35-22-11-9-20-33(35)40)36-23-12-24-38-42(36)37-25-28-15-4-5-16-29(28)26-39(37)43-38/h1-26H/i1D,2D,3D,4D,5D,12D,13D,14D,15D,16D,23D,24D,25D,26D. The largest absolute Gasteiger partial charge is 0.456 e. The molecule has 9 aromatic rings. The summed E-state index contributed by atoms with van der Waals surface area (Å²) < 4.78 is 129. The predicted octanol–water partition coefficient (Wildman–Crippen LogP) is 12.0. The summed E-state index contributed by atoms with van der Waals surface area (Å²) in [5.41, 5.74) is 1.81. The van der Waals surface area contributed by atoms with Crippen LogP contribution in [0.15, 0.2) is 162 Å². The van der Waals surface area contributed by atoms with Gasteiger partial charge in [-0.2, -0.15) is 0 Å². The Morgan fingerprint density at radius 1 is 0.419 bits per heavy atom. The van der Waals surface area contributed by atoms with E-state index in [4.69, 9.17) is 20.9 Å². The topological polar surface area (TPSA) is 13.1 Å². The molecule has 0 amide bonds. The highest BCUT2D eigenvalue weighted by Gasteiger charge is 2.21. The van der Waals surface area contributed by atoms with Crippen LogP contribution in [0.2, 0.25) is 0 Å². The van der Waals surface area contributed by atoms with Gasteiger partial charge in [0.1, 0.15) is 11.2 Å². The lowest BCUT2D eigenvalue weighted by Crippen LogP contribution is -1.93. The van der Waals surface area contributed by atoms with Gasteiger partial charge in [-0.25, -0.2) is 0 Å². The minimum Gasteiger partial charge on any atom is -0.456 e. The minimum absolute atomic E-state index is 0.0260. The average molecular weight is 561 g/mol. The fourth-order valence-electron chi connectivity index (χ4n) is 6.10. The van der Waals surface area contributed by atoms with Gasteiger partial charge < -0.3 is 4.42 Å². The van der Waals surface area contributed by atoms with Crippen LogP contribution < -0.4 is 0 Å². The van der Waals surface area contributed by atoms with Crippen LogP contribution in [-0.4, -0.2) is 0 Å². The molecule has 0 fully saturated rings. The molecule has 0 saturated heterocycles. The van der Waals surface area contributed by atoms with Gasteiger partial charge in [0.25, 0.3) is 0 Å². The first kappa shape index (κ1) is 14.0. The Morgan fingerprint density at radius 3 is 1.65 bits per heavy atom. The summed E-state index contributed by atoms with van der Waals surface area (Å²) in [5.74, 6) is 0. The zero-order valence-electron chi connectivity index (χ0n) is 36.3. The number of furan rings is 1. The monoisotopic (exact) mass is 560 g/mol. The van der Waals surface area contributed by atoms with Gasteiger partial charge in [-0.1, -0.05) is 139 Å². The van der Waals surface area contributed by atoms with Crippen molar-refractivity contribution in [1.82, 2.24) is 0 Å². The maximum atomic E-state index is 9.44. The Balaban J connectivity index is 1.49. The molecule has 0 radical (unpaired) electrons. The first-order valence-corrected chi connectivity index (χ1v) is 13.6. The number of hydrogen-bond donors (Lipinski definition) is 0. The first-order valence-electron chi connectivity index (χ1n) is 20.6. The highest BCUT2D eigenvalue weighted by atomic mass is 16.3. The maximum absolute atomic E-state index is 9.44. The lowest BCUT2D eigenvalue weighted by molar-refractivity contribution is 0.669. The zero-order valence-corrected chi connectivity index (χ0v) is 22.3. The van der Waals surface area contributed by atoms with E-state index in [1.807, 2.05) is 42.5 Å². The number of hydrogen-bond acceptors (Lipinski definition) is 1. The summed E-state index contributed by atoms with van der Waals surface area (Å²) in [5, 5.41) is 2.03. The van der Waals surface area contributed by atoms with Crippen molar-refractivity contribution in [2.24, 2.45) is 0 Å². The van der Waals surface area contributed by atoms with E-state index >= 15 is 0 Å². The van der Waals surface area contributed by atoms with E-state index in [9.17, 15) is 2.74 Å². The molecule has 0 unspecified atom stereocenters. The molecule has 0 N–H and O–H groups in total. The van der Waals surface area contributed by atoms with Crippen LogP contribution in [0.1, 0.15) is 19.2 Å².